The minimum atomic E-state index is 0.313. The van der Waals surface area contributed by atoms with E-state index in [0.717, 1.165) is 25.8 Å². The van der Waals surface area contributed by atoms with Crippen LogP contribution in [0, 0.1) is 5.41 Å². The highest BCUT2D eigenvalue weighted by molar-refractivity contribution is 5.79. The molecule has 0 aromatic heterocycles. The van der Waals surface area contributed by atoms with Crippen molar-refractivity contribution in [2.75, 3.05) is 13.6 Å². The van der Waals surface area contributed by atoms with Crippen LogP contribution in [0.5, 0.6) is 0 Å². The van der Waals surface area contributed by atoms with Gasteiger partial charge in [-0.2, -0.15) is 0 Å². The molecule has 1 aliphatic carbocycles. The molecule has 1 saturated carbocycles. The number of nitrogens with zero attached hydrogens (tertiary/aromatic N) is 1. The lowest BCUT2D eigenvalue weighted by molar-refractivity contribution is -0.126. The summed E-state index contributed by atoms with van der Waals surface area (Å²) in [6.45, 7) is 4.98. The van der Waals surface area contributed by atoms with E-state index in [2.05, 4.69) is 6.58 Å². The maximum absolute atomic E-state index is 11.4. The topological polar surface area (TPSA) is 20.3 Å². The Morgan fingerprint density at radius 3 is 2.46 bits per heavy atom. The van der Waals surface area contributed by atoms with Crippen molar-refractivity contribution in [3.8, 4) is 0 Å². The van der Waals surface area contributed by atoms with Crippen LogP contribution in [0.1, 0.15) is 32.1 Å². The molecule has 0 bridgehead atoms. The maximum atomic E-state index is 11.4. The third-order valence-corrected chi connectivity index (χ3v) is 3.54. The molecular weight excluding hydrogens is 162 g/mol. The molecule has 1 amide bonds. The van der Waals surface area contributed by atoms with Gasteiger partial charge in [0.05, 0.1) is 0 Å². The molecule has 0 radical (unpaired) electrons. The third kappa shape index (κ3) is 1.50. The minimum absolute atomic E-state index is 0.313. The smallest absolute Gasteiger partial charge is 0.222 e. The van der Waals surface area contributed by atoms with E-state index in [9.17, 15) is 4.79 Å². The molecule has 0 aromatic carbocycles. The van der Waals surface area contributed by atoms with Crippen LogP contribution in [0.3, 0.4) is 0 Å². The zero-order chi connectivity index (χ0) is 9.47. The van der Waals surface area contributed by atoms with E-state index >= 15 is 0 Å². The monoisotopic (exact) mass is 179 g/mol. The molecule has 0 atom stereocenters. The molecule has 0 N–H and O–H groups in total. The Balaban J connectivity index is 2.07. The van der Waals surface area contributed by atoms with Crippen molar-refractivity contribution < 1.29 is 4.79 Å². The second-order valence-corrected chi connectivity index (χ2v) is 4.68. The van der Waals surface area contributed by atoms with Gasteiger partial charge in [0.1, 0.15) is 0 Å². The number of likely N-dealkylation sites (tertiary alicyclic amines) is 1. The average molecular weight is 179 g/mol. The molecular formula is C11H17NO. The molecule has 2 rings (SSSR count). The summed E-state index contributed by atoms with van der Waals surface area (Å²) >= 11 is 0. The van der Waals surface area contributed by atoms with Crippen molar-refractivity contribution in [3.05, 3.63) is 12.2 Å². The molecule has 1 spiro atoms. The van der Waals surface area contributed by atoms with Crippen LogP contribution in [-0.4, -0.2) is 24.4 Å². The summed E-state index contributed by atoms with van der Waals surface area (Å²) in [4.78, 5) is 13.3. The summed E-state index contributed by atoms with van der Waals surface area (Å²) < 4.78 is 0. The lowest BCUT2D eigenvalue weighted by Crippen LogP contribution is -2.28. The number of hydrogen-bond acceptors (Lipinski definition) is 1. The third-order valence-electron chi connectivity index (χ3n) is 3.54. The minimum Gasteiger partial charge on any atom is -0.345 e. The van der Waals surface area contributed by atoms with Crippen LogP contribution in [-0.2, 0) is 4.79 Å². The lowest BCUT2D eigenvalue weighted by atomic mass is 9.72. The first-order valence-electron chi connectivity index (χ1n) is 5.02. The predicted octanol–water partition coefficient (Wildman–Crippen LogP) is 1.97. The first-order valence-corrected chi connectivity index (χ1v) is 5.02. The van der Waals surface area contributed by atoms with Crippen LogP contribution in [0.4, 0.5) is 0 Å². The van der Waals surface area contributed by atoms with Crippen LogP contribution in [0.25, 0.3) is 0 Å². The number of amides is 1. The molecule has 13 heavy (non-hydrogen) atoms. The van der Waals surface area contributed by atoms with Gasteiger partial charge in [0.25, 0.3) is 0 Å². The Bertz CT molecular complexity index is 247. The molecule has 1 saturated heterocycles. The zero-order valence-corrected chi connectivity index (χ0v) is 8.31. The Kier molecular flexibility index (Phi) is 1.94. The SMILES string of the molecule is C=C1CCC2(CC1)CC(=O)N(C)C2. The Morgan fingerprint density at radius 1 is 1.38 bits per heavy atom. The van der Waals surface area contributed by atoms with Gasteiger partial charge in [-0.05, 0) is 31.1 Å². The highest BCUT2D eigenvalue weighted by atomic mass is 16.2. The second kappa shape index (κ2) is 2.86. The number of allylic oxidation sites excluding steroid dienone is 1. The van der Waals surface area contributed by atoms with E-state index in [0.29, 0.717) is 11.3 Å². The van der Waals surface area contributed by atoms with Gasteiger partial charge >= 0.3 is 0 Å². The molecule has 2 nitrogen and oxygen atoms in total. The van der Waals surface area contributed by atoms with E-state index in [1.165, 1.54) is 18.4 Å². The summed E-state index contributed by atoms with van der Waals surface area (Å²) in [5.41, 5.74) is 1.68. The quantitative estimate of drug-likeness (QED) is 0.521. The molecule has 72 valence electrons. The van der Waals surface area contributed by atoms with E-state index < -0.39 is 0 Å². The predicted molar refractivity (Wildman–Crippen MR) is 52.3 cm³/mol. The maximum Gasteiger partial charge on any atom is 0.222 e. The van der Waals surface area contributed by atoms with Gasteiger partial charge in [-0.25, -0.2) is 0 Å². The van der Waals surface area contributed by atoms with Crippen LogP contribution in [0.2, 0.25) is 0 Å². The van der Waals surface area contributed by atoms with E-state index in [4.69, 9.17) is 0 Å². The standard InChI is InChI=1S/C11H17NO/c1-9-3-5-11(6-4-9)7-10(13)12(2)8-11/h1,3-8H2,2H3. The van der Waals surface area contributed by atoms with Gasteiger partial charge in [0, 0.05) is 20.0 Å². The molecule has 1 heterocycles. The highest BCUT2D eigenvalue weighted by Gasteiger charge is 2.42. The van der Waals surface area contributed by atoms with Crippen molar-refractivity contribution in [2.45, 2.75) is 32.1 Å². The largest absolute Gasteiger partial charge is 0.345 e. The van der Waals surface area contributed by atoms with Gasteiger partial charge in [0.2, 0.25) is 5.91 Å². The fourth-order valence-corrected chi connectivity index (χ4v) is 2.57. The second-order valence-electron chi connectivity index (χ2n) is 4.68. The molecule has 2 heteroatoms. The van der Waals surface area contributed by atoms with Crippen LogP contribution >= 0.6 is 0 Å². The molecule has 0 aromatic rings. The number of carbonyl (C=O) groups excluding carboxylic acids is 1. The summed E-state index contributed by atoms with van der Waals surface area (Å²) in [6, 6.07) is 0. The highest BCUT2D eigenvalue weighted by Crippen LogP contribution is 2.44. The van der Waals surface area contributed by atoms with Crippen molar-refractivity contribution in [1.29, 1.82) is 0 Å². The van der Waals surface area contributed by atoms with Gasteiger partial charge in [-0.15, -0.1) is 0 Å². The molecule has 1 aliphatic heterocycles. The van der Waals surface area contributed by atoms with E-state index in [1.807, 2.05) is 11.9 Å². The summed E-state index contributed by atoms with van der Waals surface area (Å²) in [5.74, 6) is 0.326. The molecule has 2 aliphatic rings. The van der Waals surface area contributed by atoms with Gasteiger partial charge in [-0.1, -0.05) is 12.2 Å². The summed E-state index contributed by atoms with van der Waals surface area (Å²) in [7, 11) is 1.92. The molecule has 0 unspecified atom stereocenters. The number of rotatable bonds is 0. The van der Waals surface area contributed by atoms with Crippen molar-refractivity contribution in [2.24, 2.45) is 5.41 Å². The summed E-state index contributed by atoms with van der Waals surface area (Å²) in [6.07, 6.45) is 5.36. The first-order chi connectivity index (χ1) is 6.11. The van der Waals surface area contributed by atoms with E-state index in [-0.39, 0.29) is 0 Å². The van der Waals surface area contributed by atoms with Crippen molar-refractivity contribution >= 4 is 5.91 Å². The normalized spacial score (nSPS) is 27.3. The Hall–Kier alpha value is -0.790. The summed E-state index contributed by atoms with van der Waals surface area (Å²) in [5, 5.41) is 0. The van der Waals surface area contributed by atoms with Crippen molar-refractivity contribution in [1.82, 2.24) is 4.90 Å². The van der Waals surface area contributed by atoms with Crippen LogP contribution < -0.4 is 0 Å². The molecule has 2 fully saturated rings. The van der Waals surface area contributed by atoms with E-state index in [1.54, 1.807) is 0 Å². The number of carbonyl (C=O) groups is 1. The zero-order valence-electron chi connectivity index (χ0n) is 8.31. The van der Waals surface area contributed by atoms with Gasteiger partial charge in [0.15, 0.2) is 0 Å². The van der Waals surface area contributed by atoms with Gasteiger partial charge < -0.3 is 4.90 Å². The number of hydrogen-bond donors (Lipinski definition) is 0. The Morgan fingerprint density at radius 2 is 2.00 bits per heavy atom. The van der Waals surface area contributed by atoms with Crippen LogP contribution in [0.15, 0.2) is 12.2 Å². The first kappa shape index (κ1) is 8.79. The fourth-order valence-electron chi connectivity index (χ4n) is 2.57. The Labute approximate surface area is 79.6 Å². The van der Waals surface area contributed by atoms with Gasteiger partial charge in [-0.3, -0.25) is 4.79 Å². The average Bonchev–Trinajstić information content (AvgIpc) is 2.36. The van der Waals surface area contributed by atoms with Crippen molar-refractivity contribution in [3.63, 3.8) is 0 Å². The fraction of sp³-hybridized carbons (Fsp3) is 0.727. The lowest BCUT2D eigenvalue weighted by Gasteiger charge is -2.33.